The summed E-state index contributed by atoms with van der Waals surface area (Å²) in [6, 6.07) is 14.7. The van der Waals surface area contributed by atoms with E-state index in [9.17, 15) is 0 Å². The summed E-state index contributed by atoms with van der Waals surface area (Å²) in [7, 11) is 0. The Bertz CT molecular complexity index is 632. The number of benzene rings is 2. The zero-order chi connectivity index (χ0) is 14.1. The van der Waals surface area contributed by atoms with Crippen LogP contribution >= 0.6 is 39.3 Å². The van der Waals surface area contributed by atoms with Gasteiger partial charge >= 0.3 is 0 Å². The lowest BCUT2D eigenvalue weighted by molar-refractivity contribution is 0.572. The topological polar surface area (TPSA) is 26.0 Å². The number of thioether (sulfide) groups is 1. The summed E-state index contributed by atoms with van der Waals surface area (Å²) in [5.41, 5.74) is 8.96. The van der Waals surface area contributed by atoms with Gasteiger partial charge in [-0.3, -0.25) is 0 Å². The molecule has 0 saturated heterocycles. The maximum Gasteiger partial charge on any atom is 0.0449 e. The monoisotopic (exact) mass is 367 g/mol. The van der Waals surface area contributed by atoms with Crippen molar-refractivity contribution in [2.24, 2.45) is 5.73 Å². The first-order chi connectivity index (χ1) is 9.65. The molecule has 0 aromatic heterocycles. The highest BCUT2D eigenvalue weighted by Gasteiger charge is 2.28. The summed E-state index contributed by atoms with van der Waals surface area (Å²) in [6.45, 7) is 0. The molecule has 1 aliphatic rings. The van der Waals surface area contributed by atoms with Crippen LogP contribution in [0.4, 0.5) is 0 Å². The van der Waals surface area contributed by atoms with Crippen molar-refractivity contribution in [3.05, 3.63) is 63.1 Å². The molecule has 3 rings (SSSR count). The van der Waals surface area contributed by atoms with Crippen LogP contribution in [0.3, 0.4) is 0 Å². The molecule has 0 bridgehead atoms. The van der Waals surface area contributed by atoms with E-state index in [1.165, 1.54) is 10.5 Å². The van der Waals surface area contributed by atoms with Gasteiger partial charge in [0.15, 0.2) is 0 Å². The Labute approximate surface area is 137 Å². The largest absolute Gasteiger partial charge is 0.327 e. The number of hydrogen-bond donors (Lipinski definition) is 1. The Morgan fingerprint density at radius 3 is 2.90 bits per heavy atom. The smallest absolute Gasteiger partial charge is 0.0449 e. The highest BCUT2D eigenvalue weighted by Crippen LogP contribution is 2.41. The molecule has 104 valence electrons. The van der Waals surface area contributed by atoms with E-state index in [1.54, 1.807) is 0 Å². The zero-order valence-corrected chi connectivity index (χ0v) is 14.0. The molecule has 2 atom stereocenters. The first kappa shape index (κ1) is 14.5. The van der Waals surface area contributed by atoms with E-state index in [-0.39, 0.29) is 6.04 Å². The van der Waals surface area contributed by atoms with E-state index in [4.69, 9.17) is 17.3 Å². The van der Waals surface area contributed by atoms with Crippen LogP contribution in [-0.2, 0) is 6.42 Å². The van der Waals surface area contributed by atoms with E-state index >= 15 is 0 Å². The normalized spacial score (nSPS) is 18.9. The van der Waals surface area contributed by atoms with Crippen molar-refractivity contribution in [2.45, 2.75) is 23.3 Å². The number of hydrogen-bond acceptors (Lipinski definition) is 2. The second-order valence-electron chi connectivity index (χ2n) is 5.06. The molecule has 0 saturated carbocycles. The number of fused-ring (bicyclic) bond motifs is 1. The van der Waals surface area contributed by atoms with Gasteiger partial charge in [0.05, 0.1) is 0 Å². The van der Waals surface area contributed by atoms with Gasteiger partial charge in [-0.1, -0.05) is 51.8 Å². The standard InChI is InChI=1S/C16H15BrClNS/c17-11-6-5-10(14(18)8-11)7-15(19)13-9-20-16-4-2-1-3-12(13)16/h1-6,8,13,15H,7,9,19H2. The van der Waals surface area contributed by atoms with Crippen LogP contribution in [0.5, 0.6) is 0 Å². The van der Waals surface area contributed by atoms with Crippen LogP contribution < -0.4 is 5.73 Å². The molecule has 2 unspecified atom stereocenters. The highest BCUT2D eigenvalue weighted by molar-refractivity contribution is 9.10. The third kappa shape index (κ3) is 2.91. The van der Waals surface area contributed by atoms with Crippen molar-refractivity contribution in [3.8, 4) is 0 Å². The number of nitrogens with two attached hydrogens (primary N) is 1. The minimum atomic E-state index is 0.102. The Kier molecular flexibility index (Phi) is 4.41. The van der Waals surface area contributed by atoms with Crippen LogP contribution in [0.25, 0.3) is 0 Å². The maximum atomic E-state index is 6.45. The van der Waals surface area contributed by atoms with Crippen molar-refractivity contribution in [1.29, 1.82) is 0 Å². The fraction of sp³-hybridized carbons (Fsp3) is 0.250. The fourth-order valence-corrected chi connectivity index (χ4v) is 4.72. The molecule has 2 aromatic rings. The minimum absolute atomic E-state index is 0.102. The van der Waals surface area contributed by atoms with Gasteiger partial charge in [-0.15, -0.1) is 11.8 Å². The third-order valence-corrected chi connectivity index (χ3v) is 5.78. The third-order valence-electron chi connectivity index (χ3n) is 3.72. The van der Waals surface area contributed by atoms with Gasteiger partial charge in [-0.05, 0) is 35.7 Å². The summed E-state index contributed by atoms with van der Waals surface area (Å²) in [5.74, 6) is 1.48. The molecule has 2 aromatic carbocycles. The number of rotatable bonds is 3. The zero-order valence-electron chi connectivity index (χ0n) is 10.9. The lowest BCUT2D eigenvalue weighted by Crippen LogP contribution is -2.31. The van der Waals surface area contributed by atoms with E-state index in [1.807, 2.05) is 23.9 Å². The molecule has 0 fully saturated rings. The molecular weight excluding hydrogens is 354 g/mol. The van der Waals surface area contributed by atoms with Crippen LogP contribution in [0, 0.1) is 0 Å². The van der Waals surface area contributed by atoms with E-state index in [2.05, 4.69) is 46.3 Å². The van der Waals surface area contributed by atoms with Crippen LogP contribution in [0.2, 0.25) is 5.02 Å². The predicted molar refractivity (Wildman–Crippen MR) is 90.7 cm³/mol. The highest BCUT2D eigenvalue weighted by atomic mass is 79.9. The van der Waals surface area contributed by atoms with Crippen molar-refractivity contribution >= 4 is 39.3 Å². The lowest BCUT2D eigenvalue weighted by Gasteiger charge is -2.20. The summed E-state index contributed by atoms with van der Waals surface area (Å²) in [4.78, 5) is 1.37. The van der Waals surface area contributed by atoms with Gasteiger partial charge in [0.2, 0.25) is 0 Å². The average Bonchev–Trinajstić information content (AvgIpc) is 2.86. The first-order valence-corrected chi connectivity index (χ1v) is 8.72. The number of halogens is 2. The minimum Gasteiger partial charge on any atom is -0.327 e. The lowest BCUT2D eigenvalue weighted by atomic mass is 9.90. The van der Waals surface area contributed by atoms with Crippen LogP contribution in [0.15, 0.2) is 51.8 Å². The van der Waals surface area contributed by atoms with Gasteiger partial charge in [0.1, 0.15) is 0 Å². The van der Waals surface area contributed by atoms with Crippen molar-refractivity contribution < 1.29 is 0 Å². The molecule has 1 aliphatic heterocycles. The van der Waals surface area contributed by atoms with E-state index in [0.717, 1.165) is 27.2 Å². The molecule has 1 nitrogen and oxygen atoms in total. The van der Waals surface area contributed by atoms with Crippen molar-refractivity contribution in [2.75, 3.05) is 5.75 Å². The van der Waals surface area contributed by atoms with Gasteiger partial charge in [-0.25, -0.2) is 0 Å². The molecular formula is C16H15BrClNS. The van der Waals surface area contributed by atoms with E-state index in [0.29, 0.717) is 5.92 Å². The average molecular weight is 369 g/mol. The Morgan fingerprint density at radius 1 is 1.30 bits per heavy atom. The quantitative estimate of drug-likeness (QED) is 0.837. The molecule has 4 heteroatoms. The van der Waals surface area contributed by atoms with E-state index < -0.39 is 0 Å². The molecule has 0 amide bonds. The molecule has 0 aliphatic carbocycles. The Balaban J connectivity index is 1.79. The van der Waals surface area contributed by atoms with Gasteiger partial charge in [-0.2, -0.15) is 0 Å². The fourth-order valence-electron chi connectivity index (χ4n) is 2.63. The van der Waals surface area contributed by atoms with Crippen LogP contribution in [-0.4, -0.2) is 11.8 Å². The van der Waals surface area contributed by atoms with Crippen molar-refractivity contribution in [3.63, 3.8) is 0 Å². The summed E-state index contributed by atoms with van der Waals surface area (Å²) in [6.07, 6.45) is 0.811. The molecule has 0 radical (unpaired) electrons. The molecule has 20 heavy (non-hydrogen) atoms. The second kappa shape index (κ2) is 6.10. The Hall–Kier alpha value is -0.480. The van der Waals surface area contributed by atoms with Crippen molar-refractivity contribution in [1.82, 2.24) is 0 Å². The van der Waals surface area contributed by atoms with Crippen LogP contribution in [0.1, 0.15) is 17.0 Å². The Morgan fingerprint density at radius 2 is 2.10 bits per heavy atom. The summed E-state index contributed by atoms with van der Waals surface area (Å²) >= 11 is 11.6. The predicted octanol–water partition coefficient (Wildman–Crippen LogP) is 4.86. The van der Waals surface area contributed by atoms with Gasteiger partial charge in [0, 0.05) is 32.1 Å². The first-order valence-electron chi connectivity index (χ1n) is 6.56. The molecule has 1 heterocycles. The molecule has 0 spiro atoms. The summed E-state index contributed by atoms with van der Waals surface area (Å²) in [5, 5.41) is 0.786. The second-order valence-corrected chi connectivity index (χ2v) is 7.44. The van der Waals surface area contributed by atoms with Gasteiger partial charge in [0.25, 0.3) is 0 Å². The maximum absolute atomic E-state index is 6.45. The van der Waals surface area contributed by atoms with Gasteiger partial charge < -0.3 is 5.73 Å². The molecule has 2 N–H and O–H groups in total. The summed E-state index contributed by atoms with van der Waals surface area (Å²) < 4.78 is 1.00. The SMILES string of the molecule is NC(Cc1ccc(Br)cc1Cl)C1CSc2ccccc21.